The van der Waals surface area contributed by atoms with Gasteiger partial charge in [0, 0.05) is 37.9 Å². The molecule has 170 valence electrons. The monoisotopic (exact) mass is 439 g/mol. The van der Waals surface area contributed by atoms with Gasteiger partial charge in [0.05, 0.1) is 18.0 Å². The van der Waals surface area contributed by atoms with Gasteiger partial charge in [0.2, 0.25) is 11.8 Å². The molecule has 2 amide bonds. The molecule has 0 spiro atoms. The van der Waals surface area contributed by atoms with E-state index in [9.17, 15) is 19.7 Å². The normalized spacial score (nSPS) is 13.9. The van der Waals surface area contributed by atoms with Crippen molar-refractivity contribution in [3.8, 4) is 0 Å². The summed E-state index contributed by atoms with van der Waals surface area (Å²) in [6.07, 6.45) is 0. The number of carbonyl (C=O) groups is 2. The molecule has 0 aromatic heterocycles. The molecule has 0 radical (unpaired) electrons. The van der Waals surface area contributed by atoms with Gasteiger partial charge in [-0.1, -0.05) is 30.3 Å². The van der Waals surface area contributed by atoms with Crippen molar-refractivity contribution in [1.29, 1.82) is 0 Å². The summed E-state index contributed by atoms with van der Waals surface area (Å²) in [5, 5.41) is 14.2. The first kappa shape index (κ1) is 23.2. The molecule has 9 heteroatoms. The molecule has 1 N–H and O–H groups in total. The summed E-state index contributed by atoms with van der Waals surface area (Å²) >= 11 is 0. The van der Waals surface area contributed by atoms with Gasteiger partial charge in [-0.25, -0.2) is 0 Å². The van der Waals surface area contributed by atoms with Crippen LogP contribution >= 0.6 is 0 Å². The van der Waals surface area contributed by atoms with Crippen molar-refractivity contribution >= 4 is 28.9 Å². The average Bonchev–Trinajstić information content (AvgIpc) is 2.76. The zero-order valence-electron chi connectivity index (χ0n) is 18.7. The molecule has 0 aliphatic carbocycles. The molecular weight excluding hydrogens is 410 g/mol. The third-order valence-corrected chi connectivity index (χ3v) is 5.62. The molecule has 1 heterocycles. The van der Waals surface area contributed by atoms with Crippen molar-refractivity contribution < 1.29 is 14.5 Å². The fourth-order valence-corrected chi connectivity index (χ4v) is 3.91. The number of hydrogen-bond acceptors (Lipinski definition) is 6. The van der Waals surface area contributed by atoms with Crippen LogP contribution in [0.5, 0.6) is 0 Å². The molecule has 1 saturated heterocycles. The van der Waals surface area contributed by atoms with Crippen molar-refractivity contribution in [2.24, 2.45) is 0 Å². The van der Waals surface area contributed by atoms with E-state index < -0.39 is 0 Å². The summed E-state index contributed by atoms with van der Waals surface area (Å²) in [7, 11) is 1.74. The Morgan fingerprint density at radius 3 is 2.25 bits per heavy atom. The first-order valence-electron chi connectivity index (χ1n) is 10.6. The van der Waals surface area contributed by atoms with E-state index in [2.05, 4.69) is 5.32 Å². The lowest BCUT2D eigenvalue weighted by atomic mass is 10.1. The van der Waals surface area contributed by atoms with Crippen LogP contribution < -0.4 is 10.2 Å². The maximum absolute atomic E-state index is 12.7. The van der Waals surface area contributed by atoms with Crippen LogP contribution in [0.3, 0.4) is 0 Å². The number of amides is 2. The number of nitrogens with zero attached hydrogens (tertiary/aromatic N) is 4. The highest BCUT2D eigenvalue weighted by Gasteiger charge is 2.26. The van der Waals surface area contributed by atoms with Crippen LogP contribution in [0.25, 0.3) is 0 Å². The van der Waals surface area contributed by atoms with Crippen LogP contribution in [0.2, 0.25) is 0 Å². The molecule has 0 saturated carbocycles. The van der Waals surface area contributed by atoms with Crippen LogP contribution in [-0.4, -0.2) is 72.9 Å². The second-order valence-corrected chi connectivity index (χ2v) is 8.10. The fraction of sp³-hybridized carbons (Fsp3) is 0.391. The number of anilines is 2. The van der Waals surface area contributed by atoms with Gasteiger partial charge in [-0.15, -0.1) is 0 Å². The quantitative estimate of drug-likeness (QED) is 0.526. The van der Waals surface area contributed by atoms with Gasteiger partial charge >= 0.3 is 0 Å². The summed E-state index contributed by atoms with van der Waals surface area (Å²) in [6.45, 7) is 6.13. The van der Waals surface area contributed by atoms with Crippen LogP contribution in [0.15, 0.2) is 42.5 Å². The summed E-state index contributed by atoms with van der Waals surface area (Å²) in [5.74, 6) is -0.228. The lowest BCUT2D eigenvalue weighted by Gasteiger charge is -2.36. The number of aryl methyl sites for hydroxylation is 2. The molecule has 2 aromatic rings. The third kappa shape index (κ3) is 5.61. The first-order valence-corrected chi connectivity index (χ1v) is 10.6. The van der Waals surface area contributed by atoms with Crippen LogP contribution in [0.1, 0.15) is 11.1 Å². The molecule has 1 aliphatic rings. The van der Waals surface area contributed by atoms with E-state index in [4.69, 9.17) is 0 Å². The zero-order chi connectivity index (χ0) is 23.3. The number of benzene rings is 2. The minimum absolute atomic E-state index is 0.0606. The molecule has 0 unspecified atom stereocenters. The molecule has 0 bridgehead atoms. The number of rotatable bonds is 7. The standard InChI is InChI=1S/C23H29N5O4/c1-17-7-6-8-18(2)23(17)24-21(29)15-25(3)16-22(30)27-13-11-26(12-14-27)19-9-4-5-10-20(19)28(31)32/h4-10H,11-16H2,1-3H3,(H,24,29). The second kappa shape index (κ2) is 10.2. The Morgan fingerprint density at radius 2 is 1.62 bits per heavy atom. The molecule has 9 nitrogen and oxygen atoms in total. The fourth-order valence-electron chi connectivity index (χ4n) is 3.91. The summed E-state index contributed by atoms with van der Waals surface area (Å²) < 4.78 is 0. The van der Waals surface area contributed by atoms with Gasteiger partial charge in [-0.2, -0.15) is 0 Å². The maximum atomic E-state index is 12.7. The van der Waals surface area contributed by atoms with Crippen molar-refractivity contribution in [3.05, 3.63) is 63.7 Å². The first-order chi connectivity index (χ1) is 15.3. The number of nitrogens with one attached hydrogen (secondary N) is 1. The minimum Gasteiger partial charge on any atom is -0.362 e. The molecule has 2 aromatic carbocycles. The number of para-hydroxylation sites is 3. The molecule has 32 heavy (non-hydrogen) atoms. The molecule has 0 atom stereocenters. The number of nitro groups is 1. The predicted molar refractivity (Wildman–Crippen MR) is 124 cm³/mol. The van der Waals surface area contributed by atoms with E-state index in [1.165, 1.54) is 6.07 Å². The Bertz CT molecular complexity index is 981. The number of hydrogen-bond donors (Lipinski definition) is 1. The van der Waals surface area contributed by atoms with E-state index in [0.29, 0.717) is 31.9 Å². The van der Waals surface area contributed by atoms with Gasteiger partial charge in [-0.3, -0.25) is 24.6 Å². The largest absolute Gasteiger partial charge is 0.362 e. The summed E-state index contributed by atoms with van der Waals surface area (Å²) in [4.78, 5) is 41.4. The predicted octanol–water partition coefficient (Wildman–Crippen LogP) is 2.43. The SMILES string of the molecule is Cc1cccc(C)c1NC(=O)CN(C)CC(=O)N1CCN(c2ccccc2[N+](=O)[O-])CC1. The Labute approximate surface area is 187 Å². The molecular formula is C23H29N5O4. The smallest absolute Gasteiger partial charge is 0.292 e. The highest BCUT2D eigenvalue weighted by atomic mass is 16.6. The van der Waals surface area contributed by atoms with Gasteiger partial charge in [0.1, 0.15) is 5.69 Å². The van der Waals surface area contributed by atoms with Crippen LogP contribution in [0.4, 0.5) is 17.1 Å². The number of nitro benzene ring substituents is 1. The highest BCUT2D eigenvalue weighted by Crippen LogP contribution is 2.28. The topological polar surface area (TPSA) is 99.0 Å². The Hall–Kier alpha value is -3.46. The van der Waals surface area contributed by atoms with E-state index in [1.807, 2.05) is 36.9 Å². The number of likely N-dealkylation sites (N-methyl/N-ethyl adjacent to an activating group) is 1. The second-order valence-electron chi connectivity index (χ2n) is 8.10. The lowest BCUT2D eigenvalue weighted by molar-refractivity contribution is -0.384. The minimum atomic E-state index is -0.384. The maximum Gasteiger partial charge on any atom is 0.292 e. The van der Waals surface area contributed by atoms with Crippen molar-refractivity contribution in [2.45, 2.75) is 13.8 Å². The van der Waals surface area contributed by atoms with Gasteiger partial charge in [0.25, 0.3) is 5.69 Å². The summed E-state index contributed by atoms with van der Waals surface area (Å²) in [5.41, 5.74) is 3.44. The van der Waals surface area contributed by atoms with E-state index in [0.717, 1.165) is 16.8 Å². The van der Waals surface area contributed by atoms with E-state index >= 15 is 0 Å². The van der Waals surface area contributed by atoms with Gasteiger partial charge in [-0.05, 0) is 38.1 Å². The van der Waals surface area contributed by atoms with Crippen molar-refractivity contribution in [3.63, 3.8) is 0 Å². The highest BCUT2D eigenvalue weighted by molar-refractivity contribution is 5.94. The third-order valence-electron chi connectivity index (χ3n) is 5.62. The summed E-state index contributed by atoms with van der Waals surface area (Å²) in [6, 6.07) is 12.5. The number of carbonyl (C=O) groups excluding carboxylic acids is 2. The average molecular weight is 440 g/mol. The molecule has 3 rings (SSSR count). The van der Waals surface area contributed by atoms with Crippen LogP contribution in [-0.2, 0) is 9.59 Å². The van der Waals surface area contributed by atoms with E-state index in [-0.39, 0.29) is 35.5 Å². The van der Waals surface area contributed by atoms with Gasteiger partial charge in [0.15, 0.2) is 0 Å². The van der Waals surface area contributed by atoms with Gasteiger partial charge < -0.3 is 15.1 Å². The Morgan fingerprint density at radius 1 is 1.00 bits per heavy atom. The molecule has 1 fully saturated rings. The molecule has 1 aliphatic heterocycles. The van der Waals surface area contributed by atoms with Crippen molar-refractivity contribution in [1.82, 2.24) is 9.80 Å². The Kier molecular flexibility index (Phi) is 7.42. The lowest BCUT2D eigenvalue weighted by Crippen LogP contribution is -2.51. The van der Waals surface area contributed by atoms with Crippen molar-refractivity contribution in [2.75, 3.05) is 56.5 Å². The van der Waals surface area contributed by atoms with E-state index in [1.54, 1.807) is 35.0 Å². The zero-order valence-corrected chi connectivity index (χ0v) is 18.7. The number of piperazine rings is 1. The van der Waals surface area contributed by atoms with Crippen LogP contribution in [0, 0.1) is 24.0 Å². The Balaban J connectivity index is 1.49.